The fourth-order valence-corrected chi connectivity index (χ4v) is 3.14. The van der Waals surface area contributed by atoms with Gasteiger partial charge in [-0.15, -0.1) is 10.2 Å². The molecule has 0 aliphatic carbocycles. The van der Waals surface area contributed by atoms with E-state index in [1.54, 1.807) is 25.3 Å². The number of nitrogens with one attached hydrogen (secondary N) is 1. The molecule has 1 N–H and O–H groups in total. The van der Waals surface area contributed by atoms with Gasteiger partial charge in [-0.3, -0.25) is 0 Å². The van der Waals surface area contributed by atoms with Crippen LogP contribution >= 0.6 is 0 Å². The van der Waals surface area contributed by atoms with Crippen molar-refractivity contribution >= 4 is 22.4 Å². The highest BCUT2D eigenvalue weighted by atomic mass is 19.1. The van der Waals surface area contributed by atoms with Crippen molar-refractivity contribution in [2.45, 2.75) is 13.5 Å². The first-order valence-corrected chi connectivity index (χ1v) is 9.79. The Morgan fingerprint density at radius 2 is 1.88 bits per heavy atom. The number of hydrogen-bond acceptors (Lipinski definition) is 8. The fourth-order valence-electron chi connectivity index (χ4n) is 3.14. The van der Waals surface area contributed by atoms with Crippen LogP contribution in [-0.2, 0) is 6.61 Å². The summed E-state index contributed by atoms with van der Waals surface area (Å²) in [6, 6.07) is 15.6. The minimum Gasteiger partial charge on any atom is -0.489 e. The average molecular weight is 428 g/mol. The van der Waals surface area contributed by atoms with Crippen LogP contribution in [0.5, 0.6) is 5.75 Å². The van der Waals surface area contributed by atoms with E-state index in [-0.39, 0.29) is 12.4 Å². The number of rotatable bonds is 6. The van der Waals surface area contributed by atoms with Crippen molar-refractivity contribution < 1.29 is 13.5 Å². The van der Waals surface area contributed by atoms with Gasteiger partial charge in [0.2, 0.25) is 5.89 Å². The summed E-state index contributed by atoms with van der Waals surface area (Å²) in [6.45, 7) is 2.01. The van der Waals surface area contributed by atoms with E-state index in [0.717, 1.165) is 16.6 Å². The van der Waals surface area contributed by atoms with Crippen molar-refractivity contribution in [2.75, 3.05) is 5.32 Å². The Kier molecular flexibility index (Phi) is 5.12. The van der Waals surface area contributed by atoms with E-state index in [1.165, 1.54) is 18.5 Å². The molecule has 158 valence electrons. The van der Waals surface area contributed by atoms with Crippen LogP contribution in [0.1, 0.15) is 11.5 Å². The first-order chi connectivity index (χ1) is 15.6. The number of aromatic nitrogens is 5. The quantitative estimate of drug-likeness (QED) is 0.410. The highest BCUT2D eigenvalue weighted by molar-refractivity contribution is 5.91. The van der Waals surface area contributed by atoms with Crippen molar-refractivity contribution in [3.8, 4) is 17.3 Å². The summed E-state index contributed by atoms with van der Waals surface area (Å²) >= 11 is 0. The van der Waals surface area contributed by atoms with Gasteiger partial charge in [-0.05, 0) is 48.0 Å². The molecule has 0 unspecified atom stereocenters. The van der Waals surface area contributed by atoms with Crippen molar-refractivity contribution in [3.63, 3.8) is 0 Å². The summed E-state index contributed by atoms with van der Waals surface area (Å²) in [4.78, 5) is 13.0. The van der Waals surface area contributed by atoms with E-state index >= 15 is 0 Å². The van der Waals surface area contributed by atoms with Crippen molar-refractivity contribution in [2.24, 2.45) is 0 Å². The maximum absolute atomic E-state index is 13.3. The lowest BCUT2D eigenvalue weighted by molar-refractivity contribution is 0.305. The third kappa shape index (κ3) is 4.22. The minimum atomic E-state index is -0.282. The zero-order valence-electron chi connectivity index (χ0n) is 17.0. The lowest BCUT2D eigenvalue weighted by atomic mass is 10.2. The molecular weight excluding hydrogens is 411 g/mol. The van der Waals surface area contributed by atoms with Crippen LogP contribution in [0.15, 0.2) is 71.5 Å². The smallest absolute Gasteiger partial charge is 0.266 e. The molecule has 5 aromatic rings. The summed E-state index contributed by atoms with van der Waals surface area (Å²) < 4.78 is 24.5. The number of benzene rings is 2. The van der Waals surface area contributed by atoms with Gasteiger partial charge in [0.15, 0.2) is 0 Å². The topological polar surface area (TPSA) is 98.9 Å². The van der Waals surface area contributed by atoms with Crippen LogP contribution in [0.2, 0.25) is 0 Å². The van der Waals surface area contributed by atoms with Crippen molar-refractivity contribution in [3.05, 3.63) is 84.4 Å². The Morgan fingerprint density at radius 1 is 1.00 bits per heavy atom. The predicted octanol–water partition coefficient (Wildman–Crippen LogP) is 4.84. The van der Waals surface area contributed by atoms with Crippen LogP contribution in [0.4, 0.5) is 15.9 Å². The molecule has 0 fully saturated rings. The molecule has 3 aromatic heterocycles. The highest BCUT2D eigenvalue weighted by Gasteiger charge is 2.12. The number of halogens is 1. The van der Waals surface area contributed by atoms with Gasteiger partial charge >= 0.3 is 0 Å². The zero-order chi connectivity index (χ0) is 21.9. The molecule has 0 aliphatic heterocycles. The lowest BCUT2D eigenvalue weighted by Gasteiger charge is -2.10. The minimum absolute atomic E-state index is 0.282. The summed E-state index contributed by atoms with van der Waals surface area (Å²) in [6.07, 6.45) is 3.11. The Bertz CT molecular complexity index is 1390. The highest BCUT2D eigenvalue weighted by Crippen LogP contribution is 2.27. The van der Waals surface area contributed by atoms with Gasteiger partial charge in [0.05, 0.1) is 11.7 Å². The monoisotopic (exact) mass is 428 g/mol. The number of ether oxygens (including phenoxy) is 1. The van der Waals surface area contributed by atoms with E-state index in [4.69, 9.17) is 9.15 Å². The van der Waals surface area contributed by atoms with Gasteiger partial charge in [-0.1, -0.05) is 12.1 Å². The average Bonchev–Trinajstić information content (AvgIpc) is 3.25. The SMILES string of the molecule is Cc1nnc(-c2cc3c(Nc4ccc(OCc5cccc(F)c5)cc4)ncnc3cn2)o1. The van der Waals surface area contributed by atoms with Gasteiger partial charge in [0.25, 0.3) is 5.89 Å². The van der Waals surface area contributed by atoms with E-state index in [0.29, 0.717) is 34.6 Å². The molecule has 0 aliphatic rings. The van der Waals surface area contributed by atoms with Crippen LogP contribution in [-0.4, -0.2) is 25.1 Å². The standard InChI is InChI=1S/C23H17FN6O2/c1-14-29-30-23(32-14)20-10-19-21(11-25-20)26-13-27-22(19)28-17-5-7-18(8-6-17)31-12-15-3-2-4-16(24)9-15/h2-11,13H,12H2,1H3,(H,26,27,28). The van der Waals surface area contributed by atoms with Crippen LogP contribution in [0.25, 0.3) is 22.5 Å². The molecular formula is C23H17FN6O2. The number of fused-ring (bicyclic) bond motifs is 1. The second-order valence-electron chi connectivity index (χ2n) is 7.00. The summed E-state index contributed by atoms with van der Waals surface area (Å²) in [5.74, 6) is 1.80. The molecule has 32 heavy (non-hydrogen) atoms. The van der Waals surface area contributed by atoms with E-state index in [9.17, 15) is 4.39 Å². The first kappa shape index (κ1) is 19.6. The summed E-state index contributed by atoms with van der Waals surface area (Å²) in [5.41, 5.74) is 2.80. The molecule has 0 bridgehead atoms. The van der Waals surface area contributed by atoms with E-state index in [1.807, 2.05) is 30.3 Å². The normalized spacial score (nSPS) is 10.9. The molecule has 8 nitrogen and oxygen atoms in total. The molecule has 0 amide bonds. The molecule has 0 radical (unpaired) electrons. The molecule has 0 atom stereocenters. The third-order valence-electron chi connectivity index (χ3n) is 4.68. The Labute approximate surface area is 182 Å². The van der Waals surface area contributed by atoms with E-state index < -0.39 is 0 Å². The number of hydrogen-bond donors (Lipinski definition) is 1. The van der Waals surface area contributed by atoms with Gasteiger partial charge in [-0.2, -0.15) is 0 Å². The van der Waals surface area contributed by atoms with Gasteiger partial charge in [-0.25, -0.2) is 19.3 Å². The summed E-state index contributed by atoms with van der Waals surface area (Å²) in [7, 11) is 0. The van der Waals surface area contributed by atoms with Gasteiger partial charge < -0.3 is 14.5 Å². The Morgan fingerprint density at radius 3 is 2.66 bits per heavy atom. The Hall–Kier alpha value is -4.40. The van der Waals surface area contributed by atoms with Crippen molar-refractivity contribution in [1.29, 1.82) is 0 Å². The predicted molar refractivity (Wildman–Crippen MR) is 116 cm³/mol. The molecule has 5 rings (SSSR count). The maximum atomic E-state index is 13.3. The molecule has 0 saturated heterocycles. The second kappa shape index (κ2) is 8.38. The van der Waals surface area contributed by atoms with Crippen LogP contribution in [0, 0.1) is 12.7 Å². The van der Waals surface area contributed by atoms with E-state index in [2.05, 4.69) is 30.5 Å². The number of nitrogens with zero attached hydrogens (tertiary/aromatic N) is 5. The first-order valence-electron chi connectivity index (χ1n) is 9.79. The third-order valence-corrected chi connectivity index (χ3v) is 4.68. The van der Waals surface area contributed by atoms with Crippen LogP contribution < -0.4 is 10.1 Å². The second-order valence-corrected chi connectivity index (χ2v) is 7.00. The maximum Gasteiger partial charge on any atom is 0.266 e. The Balaban J connectivity index is 1.34. The lowest BCUT2D eigenvalue weighted by Crippen LogP contribution is -1.98. The fraction of sp³-hybridized carbons (Fsp3) is 0.0870. The molecule has 3 heterocycles. The molecule has 2 aromatic carbocycles. The number of aryl methyl sites for hydroxylation is 1. The van der Waals surface area contributed by atoms with Crippen LogP contribution in [0.3, 0.4) is 0 Å². The molecule has 0 saturated carbocycles. The number of anilines is 2. The zero-order valence-corrected chi connectivity index (χ0v) is 17.0. The largest absolute Gasteiger partial charge is 0.489 e. The van der Waals surface area contributed by atoms with Gasteiger partial charge in [0, 0.05) is 18.0 Å². The van der Waals surface area contributed by atoms with Crippen molar-refractivity contribution in [1.82, 2.24) is 25.1 Å². The molecule has 9 heteroatoms. The molecule has 0 spiro atoms. The number of pyridine rings is 1. The summed E-state index contributed by atoms with van der Waals surface area (Å²) in [5, 5.41) is 11.9. The van der Waals surface area contributed by atoms with Gasteiger partial charge in [0.1, 0.15) is 36.0 Å².